The predicted molar refractivity (Wildman–Crippen MR) is 94.2 cm³/mol. The number of esters is 1. The number of carbonyl (C=O) groups excluding carboxylic acids is 1. The Labute approximate surface area is 160 Å². The predicted octanol–water partition coefficient (Wildman–Crippen LogP) is 1.12. The molecule has 9 nitrogen and oxygen atoms in total. The maximum absolute atomic E-state index is 11.8. The standard InChI is InChI=1S/C17H28O9S/c1-7-21-13(18)9-8-11-14(25-17(4,5)23-11)15(26-27(6,19)20)12-10-22-16(2,3)24-12/h8-9,11-12,14-15H,7,10H2,1-6H3/b9-8-/t11-,12+,14-,15+/m0/s1. The molecule has 0 amide bonds. The van der Waals surface area contributed by atoms with Gasteiger partial charge in [0.2, 0.25) is 0 Å². The van der Waals surface area contributed by atoms with Crippen molar-refractivity contribution < 1.29 is 41.1 Å². The molecule has 10 heteroatoms. The van der Waals surface area contributed by atoms with Gasteiger partial charge in [-0.3, -0.25) is 4.18 Å². The number of rotatable bonds is 7. The third kappa shape index (κ3) is 6.51. The summed E-state index contributed by atoms with van der Waals surface area (Å²) in [6.45, 7) is 8.88. The van der Waals surface area contributed by atoms with Crippen LogP contribution in [0.25, 0.3) is 0 Å². The van der Waals surface area contributed by atoms with E-state index in [-0.39, 0.29) is 13.2 Å². The molecule has 2 heterocycles. The lowest BCUT2D eigenvalue weighted by Crippen LogP contribution is -2.47. The fourth-order valence-corrected chi connectivity index (χ4v) is 3.63. The van der Waals surface area contributed by atoms with Crippen molar-refractivity contribution in [2.75, 3.05) is 19.5 Å². The highest BCUT2D eigenvalue weighted by Crippen LogP contribution is 2.36. The smallest absolute Gasteiger partial charge is 0.330 e. The van der Waals surface area contributed by atoms with Crippen LogP contribution in [0.4, 0.5) is 0 Å². The van der Waals surface area contributed by atoms with Crippen LogP contribution in [0.2, 0.25) is 0 Å². The number of hydrogen-bond acceptors (Lipinski definition) is 9. The molecule has 0 N–H and O–H groups in total. The molecule has 27 heavy (non-hydrogen) atoms. The molecule has 0 aromatic heterocycles. The molecule has 2 rings (SSSR count). The Bertz CT molecular complexity index is 668. The Morgan fingerprint density at radius 2 is 1.85 bits per heavy atom. The molecule has 2 aliphatic heterocycles. The lowest BCUT2D eigenvalue weighted by atomic mass is 10.0. The SMILES string of the molecule is CCOC(=O)/C=C\[C@@H]1OC(C)(C)O[C@@H]1[C@H](OS(C)(=O)=O)[C@H]1COC(C)(C)O1. The number of ether oxygens (including phenoxy) is 5. The topological polar surface area (TPSA) is 107 Å². The van der Waals surface area contributed by atoms with Crippen molar-refractivity contribution in [1.29, 1.82) is 0 Å². The van der Waals surface area contributed by atoms with E-state index >= 15 is 0 Å². The number of carbonyl (C=O) groups is 1. The molecule has 0 saturated carbocycles. The summed E-state index contributed by atoms with van der Waals surface area (Å²) in [7, 11) is -3.82. The van der Waals surface area contributed by atoms with Gasteiger partial charge in [-0.05, 0) is 40.7 Å². The Kier molecular flexibility index (Phi) is 6.71. The highest BCUT2D eigenvalue weighted by molar-refractivity contribution is 7.86. The minimum Gasteiger partial charge on any atom is -0.463 e. The average molecular weight is 408 g/mol. The normalized spacial score (nSPS) is 31.3. The summed E-state index contributed by atoms with van der Waals surface area (Å²) in [5.74, 6) is -2.43. The molecule has 0 spiro atoms. The van der Waals surface area contributed by atoms with Gasteiger partial charge in [0.15, 0.2) is 11.6 Å². The molecule has 2 fully saturated rings. The largest absolute Gasteiger partial charge is 0.463 e. The summed E-state index contributed by atoms with van der Waals surface area (Å²) in [5, 5.41) is 0. The molecule has 0 radical (unpaired) electrons. The van der Waals surface area contributed by atoms with Gasteiger partial charge in [0, 0.05) is 6.08 Å². The van der Waals surface area contributed by atoms with Gasteiger partial charge in [0.1, 0.15) is 24.4 Å². The second-order valence-electron chi connectivity index (χ2n) is 7.31. The van der Waals surface area contributed by atoms with E-state index in [0.29, 0.717) is 0 Å². The van der Waals surface area contributed by atoms with Crippen molar-refractivity contribution in [3.8, 4) is 0 Å². The van der Waals surface area contributed by atoms with Crippen LogP contribution < -0.4 is 0 Å². The molecular weight excluding hydrogens is 380 g/mol. The summed E-state index contributed by atoms with van der Waals surface area (Å²) >= 11 is 0. The fraction of sp³-hybridized carbons (Fsp3) is 0.824. The summed E-state index contributed by atoms with van der Waals surface area (Å²) in [5.41, 5.74) is 0. The summed E-state index contributed by atoms with van der Waals surface area (Å²) < 4.78 is 56.8. The Morgan fingerprint density at radius 3 is 2.37 bits per heavy atom. The van der Waals surface area contributed by atoms with E-state index in [0.717, 1.165) is 6.26 Å². The lowest BCUT2D eigenvalue weighted by molar-refractivity contribution is -0.174. The summed E-state index contributed by atoms with van der Waals surface area (Å²) in [6.07, 6.45) is 0.323. The molecule has 0 aliphatic carbocycles. The van der Waals surface area contributed by atoms with Crippen LogP contribution >= 0.6 is 0 Å². The lowest BCUT2D eigenvalue weighted by Gasteiger charge is -2.29. The zero-order chi connectivity index (χ0) is 20.5. The van der Waals surface area contributed by atoms with E-state index in [4.69, 9.17) is 27.9 Å². The monoisotopic (exact) mass is 408 g/mol. The molecule has 4 atom stereocenters. The van der Waals surface area contributed by atoms with Crippen molar-refractivity contribution in [2.45, 2.75) is 70.6 Å². The Morgan fingerprint density at radius 1 is 1.19 bits per heavy atom. The van der Waals surface area contributed by atoms with Crippen LogP contribution in [0.15, 0.2) is 12.2 Å². The minimum atomic E-state index is -3.82. The summed E-state index contributed by atoms with van der Waals surface area (Å²) in [4.78, 5) is 11.6. The van der Waals surface area contributed by atoms with Gasteiger partial charge in [0.05, 0.1) is 19.5 Å². The van der Waals surface area contributed by atoms with E-state index < -0.39 is 52.1 Å². The molecule has 0 unspecified atom stereocenters. The van der Waals surface area contributed by atoms with Crippen molar-refractivity contribution in [3.63, 3.8) is 0 Å². The number of hydrogen-bond donors (Lipinski definition) is 0. The van der Waals surface area contributed by atoms with Gasteiger partial charge in [-0.25, -0.2) is 4.79 Å². The van der Waals surface area contributed by atoms with Crippen LogP contribution in [-0.2, 0) is 42.8 Å². The summed E-state index contributed by atoms with van der Waals surface area (Å²) in [6, 6.07) is 0. The zero-order valence-electron chi connectivity index (χ0n) is 16.5. The fourth-order valence-electron chi connectivity index (χ4n) is 2.99. The third-order valence-corrected chi connectivity index (χ3v) is 4.45. The molecule has 0 bridgehead atoms. The second kappa shape index (κ2) is 8.14. The maximum Gasteiger partial charge on any atom is 0.330 e. The van der Waals surface area contributed by atoms with Crippen LogP contribution in [-0.4, -0.2) is 69.8 Å². The molecule has 0 aromatic carbocycles. The van der Waals surface area contributed by atoms with Crippen molar-refractivity contribution in [1.82, 2.24) is 0 Å². The molecule has 2 saturated heterocycles. The zero-order valence-corrected chi connectivity index (χ0v) is 17.3. The molecule has 156 valence electrons. The van der Waals surface area contributed by atoms with Crippen LogP contribution in [0.3, 0.4) is 0 Å². The van der Waals surface area contributed by atoms with E-state index in [9.17, 15) is 13.2 Å². The van der Waals surface area contributed by atoms with Crippen LogP contribution in [0, 0.1) is 0 Å². The van der Waals surface area contributed by atoms with E-state index in [1.54, 1.807) is 34.6 Å². The van der Waals surface area contributed by atoms with Gasteiger partial charge in [-0.2, -0.15) is 8.42 Å². The quantitative estimate of drug-likeness (QED) is 0.348. The molecule has 2 aliphatic rings. The Balaban J connectivity index is 2.28. The van der Waals surface area contributed by atoms with Crippen molar-refractivity contribution >= 4 is 16.1 Å². The first-order chi connectivity index (χ1) is 12.3. The third-order valence-electron chi connectivity index (χ3n) is 3.88. The van der Waals surface area contributed by atoms with Gasteiger partial charge < -0.3 is 23.7 Å². The highest BCUT2D eigenvalue weighted by Gasteiger charge is 2.51. The van der Waals surface area contributed by atoms with E-state index in [1.165, 1.54) is 12.2 Å². The van der Waals surface area contributed by atoms with Crippen LogP contribution in [0.1, 0.15) is 34.6 Å². The van der Waals surface area contributed by atoms with Crippen molar-refractivity contribution in [3.05, 3.63) is 12.2 Å². The highest BCUT2D eigenvalue weighted by atomic mass is 32.2. The van der Waals surface area contributed by atoms with Gasteiger partial charge in [-0.15, -0.1) is 0 Å². The van der Waals surface area contributed by atoms with E-state index in [2.05, 4.69) is 0 Å². The first-order valence-electron chi connectivity index (χ1n) is 8.72. The van der Waals surface area contributed by atoms with Gasteiger partial charge in [-0.1, -0.05) is 0 Å². The second-order valence-corrected chi connectivity index (χ2v) is 8.91. The Hall–Kier alpha value is -1.04. The van der Waals surface area contributed by atoms with Gasteiger partial charge in [0.25, 0.3) is 10.1 Å². The molecular formula is C17H28O9S. The average Bonchev–Trinajstić information content (AvgIpc) is 3.01. The maximum atomic E-state index is 11.8. The van der Waals surface area contributed by atoms with Crippen molar-refractivity contribution in [2.24, 2.45) is 0 Å². The van der Waals surface area contributed by atoms with Crippen LogP contribution in [0.5, 0.6) is 0 Å². The van der Waals surface area contributed by atoms with E-state index in [1.807, 2.05) is 0 Å². The first-order valence-corrected chi connectivity index (χ1v) is 10.5. The first kappa shape index (κ1) is 22.3. The minimum absolute atomic E-state index is 0.127. The van der Waals surface area contributed by atoms with Gasteiger partial charge >= 0.3 is 5.97 Å². The molecule has 0 aromatic rings.